The van der Waals surface area contributed by atoms with Gasteiger partial charge in [0.2, 0.25) is 0 Å². The highest BCUT2D eigenvalue weighted by Gasteiger charge is 2.22. The molecule has 0 radical (unpaired) electrons. The normalized spacial score (nSPS) is 13.2. The first-order valence-corrected chi connectivity index (χ1v) is 30.4. The molecule has 0 rings (SSSR count). The molecule has 0 bridgehead atoms. The minimum atomic E-state index is -1.63. The smallest absolute Gasteiger partial charge is 0.306 e. The van der Waals surface area contributed by atoms with Crippen LogP contribution in [0.15, 0.2) is 60.8 Å². The first kappa shape index (κ1) is 70.0. The molecule has 9 nitrogen and oxygen atoms in total. The topological polar surface area (TPSA) is 111 Å². The van der Waals surface area contributed by atoms with Crippen molar-refractivity contribution >= 4 is 17.9 Å². The number of aliphatic carboxylic acids is 1. The largest absolute Gasteiger partial charge is 0.545 e. The third-order valence-electron chi connectivity index (χ3n) is 13.3. The number of esters is 2. The van der Waals surface area contributed by atoms with Crippen molar-refractivity contribution in [3.05, 3.63) is 60.8 Å². The van der Waals surface area contributed by atoms with Gasteiger partial charge in [-0.1, -0.05) is 261 Å². The molecule has 0 aliphatic heterocycles. The monoisotopic (exact) mass is 1030 g/mol. The lowest BCUT2D eigenvalue weighted by Crippen LogP contribution is -2.44. The van der Waals surface area contributed by atoms with Gasteiger partial charge in [-0.2, -0.15) is 0 Å². The van der Waals surface area contributed by atoms with E-state index in [4.69, 9.17) is 18.9 Å². The molecule has 0 saturated heterocycles. The van der Waals surface area contributed by atoms with E-state index in [1.165, 1.54) is 167 Å². The number of ether oxygens (including phenoxy) is 4. The predicted octanol–water partition coefficient (Wildman–Crippen LogP) is 16.7. The van der Waals surface area contributed by atoms with Crippen LogP contribution in [0.3, 0.4) is 0 Å². The van der Waals surface area contributed by atoms with E-state index in [0.717, 1.165) is 70.6 Å². The molecule has 0 aromatic carbocycles. The molecule has 73 heavy (non-hydrogen) atoms. The molecule has 0 heterocycles. The Morgan fingerprint density at radius 1 is 0.425 bits per heavy atom. The van der Waals surface area contributed by atoms with Gasteiger partial charge >= 0.3 is 11.9 Å². The van der Waals surface area contributed by atoms with Gasteiger partial charge in [0.1, 0.15) is 13.2 Å². The van der Waals surface area contributed by atoms with Gasteiger partial charge in [0.05, 0.1) is 40.3 Å². The lowest BCUT2D eigenvalue weighted by atomic mass is 10.0. The summed E-state index contributed by atoms with van der Waals surface area (Å²) in [7, 11) is 5.91. The van der Waals surface area contributed by atoms with E-state index in [1.807, 2.05) is 21.1 Å². The summed E-state index contributed by atoms with van der Waals surface area (Å²) in [5.74, 6) is -2.32. The van der Waals surface area contributed by atoms with E-state index >= 15 is 0 Å². The third kappa shape index (κ3) is 56.6. The van der Waals surface area contributed by atoms with Crippen LogP contribution < -0.4 is 5.11 Å². The standard InChI is InChI=1S/C64H115NO8/c1-6-8-10-12-14-16-18-20-22-24-26-27-28-29-30-31-32-33-34-35-37-38-40-42-44-46-48-50-52-54-61(66)71-58-60(59-72-64(63(68)69)70-57-56-65(3,4)5)73-62(67)55-53-51-49-47-45-43-41-39-36-25-23-21-19-17-15-13-11-9-7-2/h9,11,15,17,21,23,36,39,43,45,60,64H,6-8,10,12-14,16,18-20,22,24-35,37-38,40-42,44,46-59H2,1-5H3/b11-9-,17-15-,23-21-,39-36-,45-43-. The van der Waals surface area contributed by atoms with Crippen molar-refractivity contribution in [2.24, 2.45) is 0 Å². The summed E-state index contributed by atoms with van der Waals surface area (Å²) in [5.41, 5.74) is 0. The Labute approximate surface area is 450 Å². The summed E-state index contributed by atoms with van der Waals surface area (Å²) in [6.45, 7) is 4.62. The van der Waals surface area contributed by atoms with Crippen LogP contribution >= 0.6 is 0 Å². The van der Waals surface area contributed by atoms with E-state index in [1.54, 1.807) is 0 Å². The molecule has 0 aliphatic rings. The molecule has 0 fully saturated rings. The van der Waals surface area contributed by atoms with Gasteiger partial charge < -0.3 is 33.3 Å². The summed E-state index contributed by atoms with van der Waals surface area (Å²) in [5, 5.41) is 11.8. The fraction of sp³-hybridized carbons (Fsp3) is 0.797. The molecule has 0 aromatic rings. The molecular weight excluding hydrogens is 911 g/mol. The highest BCUT2D eigenvalue weighted by Crippen LogP contribution is 2.17. The van der Waals surface area contributed by atoms with Crippen molar-refractivity contribution in [2.45, 2.75) is 283 Å². The Bertz CT molecular complexity index is 1380. The van der Waals surface area contributed by atoms with Gasteiger partial charge in [0.25, 0.3) is 0 Å². The van der Waals surface area contributed by atoms with E-state index in [-0.39, 0.29) is 38.6 Å². The number of carboxylic acid groups (broad SMARTS) is 1. The SMILES string of the molecule is CC/C=C\C/C=C\C/C=C\C/C=C\C/C=C\CCCCCC(=O)OC(COC(=O)CCCCCCCCCCCCCCCCCCCCCCCCCCCCCCC)COC(OCC[N+](C)(C)C)C(=O)[O-]. The van der Waals surface area contributed by atoms with E-state index in [9.17, 15) is 19.5 Å². The van der Waals surface area contributed by atoms with Crippen LogP contribution in [-0.4, -0.2) is 82.3 Å². The van der Waals surface area contributed by atoms with Crippen LogP contribution in [0, 0.1) is 0 Å². The molecular formula is C64H115NO8. The van der Waals surface area contributed by atoms with E-state index in [0.29, 0.717) is 17.4 Å². The van der Waals surface area contributed by atoms with Crippen molar-refractivity contribution in [1.29, 1.82) is 0 Å². The Morgan fingerprint density at radius 3 is 1.16 bits per heavy atom. The summed E-state index contributed by atoms with van der Waals surface area (Å²) < 4.78 is 22.7. The summed E-state index contributed by atoms with van der Waals surface area (Å²) in [6, 6.07) is 0. The summed E-state index contributed by atoms with van der Waals surface area (Å²) in [6.07, 6.45) is 67.2. The number of carboxylic acids is 1. The van der Waals surface area contributed by atoms with Crippen LogP contribution in [0.1, 0.15) is 271 Å². The highest BCUT2D eigenvalue weighted by molar-refractivity contribution is 5.70. The number of rotatable bonds is 56. The molecule has 2 unspecified atom stereocenters. The molecule has 0 spiro atoms. The van der Waals surface area contributed by atoms with Crippen molar-refractivity contribution < 1.29 is 42.9 Å². The zero-order chi connectivity index (χ0) is 53.4. The first-order chi connectivity index (χ1) is 35.6. The number of carbonyl (C=O) groups is 3. The van der Waals surface area contributed by atoms with Gasteiger partial charge in [-0.25, -0.2) is 0 Å². The van der Waals surface area contributed by atoms with E-state index < -0.39 is 24.3 Å². The maximum Gasteiger partial charge on any atom is 0.306 e. The Morgan fingerprint density at radius 2 is 0.781 bits per heavy atom. The molecule has 0 amide bonds. The lowest BCUT2D eigenvalue weighted by molar-refractivity contribution is -0.870. The first-order valence-electron chi connectivity index (χ1n) is 30.4. The van der Waals surface area contributed by atoms with Crippen molar-refractivity contribution in [1.82, 2.24) is 0 Å². The molecule has 0 saturated carbocycles. The number of unbranched alkanes of at least 4 members (excludes halogenated alkanes) is 31. The van der Waals surface area contributed by atoms with Crippen LogP contribution in [0.2, 0.25) is 0 Å². The maximum atomic E-state index is 12.8. The number of allylic oxidation sites excluding steroid dienone is 10. The Hall–Kier alpha value is -3.01. The zero-order valence-electron chi connectivity index (χ0n) is 48.3. The minimum absolute atomic E-state index is 0.140. The van der Waals surface area contributed by atoms with E-state index in [2.05, 4.69) is 74.6 Å². The van der Waals surface area contributed by atoms with Crippen LogP contribution in [-0.2, 0) is 33.3 Å². The molecule has 424 valence electrons. The van der Waals surface area contributed by atoms with Gasteiger partial charge in [-0.05, 0) is 57.8 Å². The lowest BCUT2D eigenvalue weighted by Gasteiger charge is -2.26. The number of nitrogens with zero attached hydrogens (tertiary/aromatic N) is 1. The van der Waals surface area contributed by atoms with Crippen molar-refractivity contribution in [3.8, 4) is 0 Å². The second-order valence-electron chi connectivity index (χ2n) is 21.6. The molecule has 0 aromatic heterocycles. The summed E-state index contributed by atoms with van der Waals surface area (Å²) >= 11 is 0. The average molecular weight is 1030 g/mol. The minimum Gasteiger partial charge on any atom is -0.545 e. The quantitative estimate of drug-likeness (QED) is 0.0195. The third-order valence-corrected chi connectivity index (χ3v) is 13.3. The Kier molecular flexibility index (Phi) is 53.0. The zero-order valence-corrected chi connectivity index (χ0v) is 48.3. The number of likely N-dealkylation sites (N-methyl/N-ethyl adjacent to an activating group) is 1. The molecule has 2 atom stereocenters. The molecule has 0 aliphatic carbocycles. The Balaban J connectivity index is 4.17. The molecule has 9 heteroatoms. The fourth-order valence-corrected chi connectivity index (χ4v) is 8.62. The van der Waals surface area contributed by atoms with Crippen molar-refractivity contribution in [2.75, 3.05) is 47.5 Å². The number of hydrogen-bond donors (Lipinski definition) is 0. The predicted molar refractivity (Wildman–Crippen MR) is 306 cm³/mol. The number of hydrogen-bond acceptors (Lipinski definition) is 8. The number of quaternary nitrogens is 1. The van der Waals surface area contributed by atoms with Crippen LogP contribution in [0.5, 0.6) is 0 Å². The second-order valence-corrected chi connectivity index (χ2v) is 21.6. The second kappa shape index (κ2) is 55.2. The van der Waals surface area contributed by atoms with Gasteiger partial charge in [0.15, 0.2) is 12.4 Å². The number of carbonyl (C=O) groups excluding carboxylic acids is 3. The highest BCUT2D eigenvalue weighted by atomic mass is 16.7. The van der Waals surface area contributed by atoms with Gasteiger partial charge in [0, 0.05) is 12.8 Å². The summed E-state index contributed by atoms with van der Waals surface area (Å²) in [4.78, 5) is 37.3. The van der Waals surface area contributed by atoms with Gasteiger partial charge in [-0.3, -0.25) is 9.59 Å². The van der Waals surface area contributed by atoms with Crippen LogP contribution in [0.25, 0.3) is 0 Å². The van der Waals surface area contributed by atoms with Crippen molar-refractivity contribution in [3.63, 3.8) is 0 Å². The average Bonchev–Trinajstić information content (AvgIpc) is 3.36. The van der Waals surface area contributed by atoms with Gasteiger partial charge in [-0.15, -0.1) is 0 Å². The van der Waals surface area contributed by atoms with Crippen LogP contribution in [0.4, 0.5) is 0 Å². The fourth-order valence-electron chi connectivity index (χ4n) is 8.62. The molecule has 0 N–H and O–H groups in total. The maximum absolute atomic E-state index is 12.8.